The number of hydrogen-bond acceptors (Lipinski definition) is 2. The van der Waals surface area contributed by atoms with E-state index in [-0.39, 0.29) is 24.6 Å². The van der Waals surface area contributed by atoms with Crippen molar-refractivity contribution in [2.75, 3.05) is 19.7 Å². The number of aliphatic hydroxyl groups excluding tert-OH is 1. The number of halogens is 3. The number of carbonyl (C=O) groups is 1. The summed E-state index contributed by atoms with van der Waals surface area (Å²) in [5.74, 6) is -1.90. The summed E-state index contributed by atoms with van der Waals surface area (Å²) >= 11 is 0. The molecule has 154 valence electrons. The van der Waals surface area contributed by atoms with Gasteiger partial charge in [0.1, 0.15) is 17.5 Å². The van der Waals surface area contributed by atoms with E-state index in [1.165, 1.54) is 18.2 Å². The van der Waals surface area contributed by atoms with Crippen molar-refractivity contribution in [3.8, 4) is 11.3 Å². The molecule has 2 aromatic carbocycles. The average Bonchev–Trinajstić information content (AvgIpc) is 3.05. The summed E-state index contributed by atoms with van der Waals surface area (Å²) < 4.78 is 41.3. The number of rotatable bonds is 7. The monoisotopic (exact) mass is 405 g/mol. The van der Waals surface area contributed by atoms with Crippen molar-refractivity contribution in [3.63, 3.8) is 0 Å². The van der Waals surface area contributed by atoms with Gasteiger partial charge in [-0.05, 0) is 53.8 Å². The van der Waals surface area contributed by atoms with Gasteiger partial charge < -0.3 is 20.7 Å². The van der Waals surface area contributed by atoms with E-state index in [0.717, 1.165) is 6.07 Å². The average molecular weight is 405 g/mol. The fourth-order valence-electron chi connectivity index (χ4n) is 3.09. The van der Waals surface area contributed by atoms with E-state index >= 15 is 0 Å². The minimum atomic E-state index is -0.724. The van der Waals surface area contributed by atoms with E-state index in [9.17, 15) is 18.0 Å². The van der Waals surface area contributed by atoms with Crippen LogP contribution in [0.3, 0.4) is 0 Å². The third-order valence-corrected chi connectivity index (χ3v) is 4.65. The molecule has 3 aromatic rings. The highest BCUT2D eigenvalue weighted by atomic mass is 19.1. The first-order valence-corrected chi connectivity index (χ1v) is 9.27. The van der Waals surface area contributed by atoms with E-state index < -0.39 is 23.5 Å². The molecule has 0 bridgehead atoms. The third kappa shape index (κ3) is 4.89. The highest BCUT2D eigenvalue weighted by molar-refractivity contribution is 5.91. The summed E-state index contributed by atoms with van der Waals surface area (Å²) in [6, 6.07) is 7.31. The zero-order chi connectivity index (χ0) is 21.0. The van der Waals surface area contributed by atoms with Crippen molar-refractivity contribution in [2.45, 2.75) is 13.3 Å². The molecule has 8 heteroatoms. The summed E-state index contributed by atoms with van der Waals surface area (Å²) in [5, 5.41) is 14.7. The van der Waals surface area contributed by atoms with Crippen molar-refractivity contribution >= 4 is 16.9 Å². The summed E-state index contributed by atoms with van der Waals surface area (Å²) in [6.45, 7) is 2.31. The molecule has 0 aliphatic rings. The number of amides is 2. The van der Waals surface area contributed by atoms with Crippen molar-refractivity contribution in [3.05, 3.63) is 59.4 Å². The second kappa shape index (κ2) is 9.00. The van der Waals surface area contributed by atoms with E-state index in [0.29, 0.717) is 35.2 Å². The van der Waals surface area contributed by atoms with Crippen LogP contribution < -0.4 is 10.6 Å². The number of benzene rings is 2. The molecule has 0 aliphatic heterocycles. The van der Waals surface area contributed by atoms with Crippen LogP contribution in [0.5, 0.6) is 0 Å². The highest BCUT2D eigenvalue weighted by Gasteiger charge is 2.17. The fourth-order valence-corrected chi connectivity index (χ4v) is 3.09. The molecule has 0 fully saturated rings. The molecule has 4 N–H and O–H groups in total. The van der Waals surface area contributed by atoms with Gasteiger partial charge in [0.25, 0.3) is 0 Å². The molecule has 1 unspecified atom stereocenters. The first-order valence-electron chi connectivity index (χ1n) is 9.27. The molecule has 0 radical (unpaired) electrons. The molecule has 5 nitrogen and oxygen atoms in total. The number of urea groups is 1. The lowest BCUT2D eigenvalue weighted by molar-refractivity contribution is 0.222. The Morgan fingerprint density at radius 1 is 1.10 bits per heavy atom. The van der Waals surface area contributed by atoms with Crippen LogP contribution in [0.2, 0.25) is 0 Å². The number of aromatic nitrogens is 1. The normalized spacial score (nSPS) is 12.2. The lowest BCUT2D eigenvalue weighted by atomic mass is 10.0. The molecule has 1 aromatic heterocycles. The molecular formula is C21H22F3N3O2. The minimum absolute atomic E-state index is 0.0340. The van der Waals surface area contributed by atoms with E-state index in [4.69, 9.17) is 5.11 Å². The lowest BCUT2D eigenvalue weighted by Crippen LogP contribution is -2.39. The minimum Gasteiger partial charge on any atom is -0.396 e. The quantitative estimate of drug-likeness (QED) is 0.484. The van der Waals surface area contributed by atoms with Gasteiger partial charge in [0.05, 0.1) is 5.52 Å². The topological polar surface area (TPSA) is 77.2 Å². The Morgan fingerprint density at radius 3 is 2.52 bits per heavy atom. The van der Waals surface area contributed by atoms with Crippen molar-refractivity contribution < 1.29 is 23.1 Å². The van der Waals surface area contributed by atoms with E-state index in [1.54, 1.807) is 19.1 Å². The number of aliphatic hydroxyl groups is 1. The second-order valence-corrected chi connectivity index (χ2v) is 6.97. The van der Waals surface area contributed by atoms with Gasteiger partial charge in [-0.1, -0.05) is 6.92 Å². The van der Waals surface area contributed by atoms with Gasteiger partial charge in [-0.15, -0.1) is 0 Å². The zero-order valence-electron chi connectivity index (χ0n) is 15.9. The van der Waals surface area contributed by atoms with Crippen LogP contribution in [0.25, 0.3) is 22.2 Å². The number of fused-ring (bicyclic) bond motifs is 1. The molecule has 1 heterocycles. The lowest BCUT2D eigenvalue weighted by Gasteiger charge is -2.11. The number of nitrogens with one attached hydrogen (secondary N) is 3. The smallest absolute Gasteiger partial charge is 0.314 e. The van der Waals surface area contributed by atoms with Crippen LogP contribution in [-0.2, 0) is 6.42 Å². The van der Waals surface area contributed by atoms with Crippen LogP contribution in [0.4, 0.5) is 18.0 Å². The van der Waals surface area contributed by atoms with E-state index in [1.807, 2.05) is 0 Å². The Labute approximate surface area is 165 Å². The molecule has 0 saturated heterocycles. The molecular weight excluding hydrogens is 383 g/mol. The Kier molecular flexibility index (Phi) is 6.43. The summed E-state index contributed by atoms with van der Waals surface area (Å²) in [5.41, 5.74) is 1.94. The standard InChI is InChI=1S/C21H22F3N3O2/c1-12(11-28)10-26-21(29)25-7-6-16-17-8-15(23)9-18(24)20(17)27-19(16)13-2-4-14(22)5-3-13/h2-5,8-9,12,27-28H,6-7,10-11H2,1H3,(H2,25,26,29). The molecule has 1 atom stereocenters. The van der Waals surface area contributed by atoms with Gasteiger partial charge >= 0.3 is 6.03 Å². The molecule has 0 aliphatic carbocycles. The maximum atomic E-state index is 14.2. The number of H-pyrrole nitrogens is 1. The molecule has 0 spiro atoms. The van der Waals surface area contributed by atoms with Crippen LogP contribution in [-0.4, -0.2) is 35.8 Å². The number of hydrogen-bond donors (Lipinski definition) is 4. The molecule has 2 amide bonds. The second-order valence-electron chi connectivity index (χ2n) is 6.97. The largest absolute Gasteiger partial charge is 0.396 e. The maximum absolute atomic E-state index is 14.2. The maximum Gasteiger partial charge on any atom is 0.314 e. The SMILES string of the molecule is CC(CO)CNC(=O)NCCc1c(-c2ccc(F)cc2)[nH]c2c(F)cc(F)cc12. The predicted molar refractivity (Wildman–Crippen MR) is 105 cm³/mol. The van der Waals surface area contributed by atoms with Crippen LogP contribution in [0.1, 0.15) is 12.5 Å². The summed E-state index contributed by atoms with van der Waals surface area (Å²) in [4.78, 5) is 14.8. The van der Waals surface area contributed by atoms with Gasteiger partial charge in [0, 0.05) is 36.8 Å². The Balaban J connectivity index is 1.84. The van der Waals surface area contributed by atoms with Crippen LogP contribution in [0.15, 0.2) is 36.4 Å². The summed E-state index contributed by atoms with van der Waals surface area (Å²) in [7, 11) is 0. The van der Waals surface area contributed by atoms with Crippen molar-refractivity contribution in [1.29, 1.82) is 0 Å². The van der Waals surface area contributed by atoms with Crippen molar-refractivity contribution in [2.24, 2.45) is 5.92 Å². The van der Waals surface area contributed by atoms with Crippen LogP contribution >= 0.6 is 0 Å². The fraction of sp³-hybridized carbons (Fsp3) is 0.286. The van der Waals surface area contributed by atoms with Gasteiger partial charge in [0.15, 0.2) is 0 Å². The third-order valence-electron chi connectivity index (χ3n) is 4.65. The Morgan fingerprint density at radius 2 is 1.83 bits per heavy atom. The Bertz CT molecular complexity index is 1000. The molecule has 3 rings (SSSR count). The van der Waals surface area contributed by atoms with Gasteiger partial charge in [-0.25, -0.2) is 18.0 Å². The first-order chi connectivity index (χ1) is 13.9. The molecule has 0 saturated carbocycles. The Hall–Kier alpha value is -3.00. The van der Waals surface area contributed by atoms with Crippen LogP contribution in [0, 0.1) is 23.4 Å². The molecule has 29 heavy (non-hydrogen) atoms. The highest BCUT2D eigenvalue weighted by Crippen LogP contribution is 2.32. The number of aromatic amines is 1. The van der Waals surface area contributed by atoms with E-state index in [2.05, 4.69) is 15.6 Å². The number of carbonyl (C=O) groups excluding carboxylic acids is 1. The van der Waals surface area contributed by atoms with Gasteiger partial charge in [0.2, 0.25) is 0 Å². The first kappa shape index (κ1) is 20.7. The summed E-state index contributed by atoms with van der Waals surface area (Å²) in [6.07, 6.45) is 0.304. The predicted octanol–water partition coefficient (Wildman–Crippen LogP) is 3.72. The zero-order valence-corrected chi connectivity index (χ0v) is 15.9. The van der Waals surface area contributed by atoms with Crippen molar-refractivity contribution in [1.82, 2.24) is 15.6 Å². The van der Waals surface area contributed by atoms with Gasteiger partial charge in [-0.3, -0.25) is 0 Å². The van der Waals surface area contributed by atoms with Gasteiger partial charge in [-0.2, -0.15) is 0 Å².